The standard InChI is InChI=1S/C13H20N2/c14-8-4-9-15-10-7-13(11-15)12-5-2-1-3-6-12/h1-3,5-6,13H,4,7-11,14H2/t13-/m1/s1. The zero-order valence-electron chi connectivity index (χ0n) is 9.23. The third kappa shape index (κ3) is 2.80. The van der Waals surface area contributed by atoms with Crippen LogP contribution in [0.2, 0.25) is 0 Å². The lowest BCUT2D eigenvalue weighted by Crippen LogP contribution is -2.23. The number of nitrogens with zero attached hydrogens (tertiary/aromatic N) is 1. The summed E-state index contributed by atoms with van der Waals surface area (Å²) in [5.41, 5.74) is 7.02. The van der Waals surface area contributed by atoms with Gasteiger partial charge in [0.15, 0.2) is 0 Å². The fourth-order valence-electron chi connectivity index (χ4n) is 2.35. The smallest absolute Gasteiger partial charge is 0.00508 e. The van der Waals surface area contributed by atoms with Crippen LogP contribution >= 0.6 is 0 Å². The van der Waals surface area contributed by atoms with Crippen molar-refractivity contribution in [3.05, 3.63) is 35.9 Å². The summed E-state index contributed by atoms with van der Waals surface area (Å²) in [6.45, 7) is 4.43. The maximum atomic E-state index is 5.53. The minimum atomic E-state index is 0.740. The highest BCUT2D eigenvalue weighted by molar-refractivity contribution is 5.20. The molecule has 1 heterocycles. The van der Waals surface area contributed by atoms with E-state index in [0.29, 0.717) is 0 Å². The van der Waals surface area contributed by atoms with Gasteiger partial charge in [-0.15, -0.1) is 0 Å². The molecule has 1 fully saturated rings. The lowest BCUT2D eigenvalue weighted by Gasteiger charge is -2.15. The number of rotatable bonds is 4. The van der Waals surface area contributed by atoms with Crippen molar-refractivity contribution in [2.45, 2.75) is 18.8 Å². The van der Waals surface area contributed by atoms with Crippen molar-refractivity contribution < 1.29 is 0 Å². The van der Waals surface area contributed by atoms with Gasteiger partial charge in [0.25, 0.3) is 0 Å². The summed E-state index contributed by atoms with van der Waals surface area (Å²) in [6, 6.07) is 10.9. The van der Waals surface area contributed by atoms with E-state index in [1.165, 1.54) is 31.6 Å². The maximum Gasteiger partial charge on any atom is 0.00508 e. The Morgan fingerprint density at radius 1 is 1.27 bits per heavy atom. The number of benzene rings is 1. The van der Waals surface area contributed by atoms with Crippen LogP contribution in [0, 0.1) is 0 Å². The van der Waals surface area contributed by atoms with E-state index in [4.69, 9.17) is 5.73 Å². The molecule has 1 aliphatic rings. The Labute approximate surface area is 92.1 Å². The minimum Gasteiger partial charge on any atom is -0.330 e. The van der Waals surface area contributed by atoms with Crippen molar-refractivity contribution in [2.24, 2.45) is 5.73 Å². The van der Waals surface area contributed by atoms with E-state index >= 15 is 0 Å². The lowest BCUT2D eigenvalue weighted by molar-refractivity contribution is 0.331. The van der Waals surface area contributed by atoms with Crippen molar-refractivity contribution >= 4 is 0 Å². The van der Waals surface area contributed by atoms with Crippen LogP contribution in [0.5, 0.6) is 0 Å². The van der Waals surface area contributed by atoms with Crippen LogP contribution in [-0.4, -0.2) is 31.1 Å². The topological polar surface area (TPSA) is 29.3 Å². The number of nitrogens with two attached hydrogens (primary N) is 1. The molecular formula is C13H20N2. The molecule has 0 aromatic heterocycles. The summed E-state index contributed by atoms with van der Waals surface area (Å²) in [5, 5.41) is 0. The maximum absolute atomic E-state index is 5.53. The van der Waals surface area contributed by atoms with Crippen molar-refractivity contribution in [3.8, 4) is 0 Å². The molecule has 1 aromatic carbocycles. The first-order chi connectivity index (χ1) is 7.40. The van der Waals surface area contributed by atoms with Gasteiger partial charge in [-0.05, 0) is 44.0 Å². The van der Waals surface area contributed by atoms with E-state index in [1.807, 2.05) is 0 Å². The molecular weight excluding hydrogens is 184 g/mol. The van der Waals surface area contributed by atoms with Crippen LogP contribution in [0.4, 0.5) is 0 Å². The second-order valence-electron chi connectivity index (χ2n) is 4.34. The Kier molecular flexibility index (Phi) is 3.75. The first kappa shape index (κ1) is 10.7. The molecule has 2 nitrogen and oxygen atoms in total. The Hall–Kier alpha value is -0.860. The fraction of sp³-hybridized carbons (Fsp3) is 0.538. The Bertz CT molecular complexity index is 284. The summed E-state index contributed by atoms with van der Waals surface area (Å²) < 4.78 is 0. The molecule has 0 saturated carbocycles. The molecule has 0 spiro atoms. The summed E-state index contributed by atoms with van der Waals surface area (Å²) in [7, 11) is 0. The van der Waals surface area contributed by atoms with E-state index in [2.05, 4.69) is 35.2 Å². The van der Waals surface area contributed by atoms with Crippen molar-refractivity contribution in [3.63, 3.8) is 0 Å². The van der Waals surface area contributed by atoms with Gasteiger partial charge in [-0.3, -0.25) is 0 Å². The molecule has 1 saturated heterocycles. The highest BCUT2D eigenvalue weighted by Gasteiger charge is 2.22. The first-order valence-corrected chi connectivity index (χ1v) is 5.87. The van der Waals surface area contributed by atoms with Gasteiger partial charge in [0, 0.05) is 6.54 Å². The third-order valence-electron chi connectivity index (χ3n) is 3.22. The molecule has 0 aliphatic carbocycles. The van der Waals surface area contributed by atoms with E-state index in [-0.39, 0.29) is 0 Å². The lowest BCUT2D eigenvalue weighted by atomic mass is 9.99. The normalized spacial score (nSPS) is 22.1. The van der Waals surface area contributed by atoms with Crippen molar-refractivity contribution in [1.29, 1.82) is 0 Å². The zero-order chi connectivity index (χ0) is 10.5. The van der Waals surface area contributed by atoms with Crippen LogP contribution in [0.15, 0.2) is 30.3 Å². The van der Waals surface area contributed by atoms with Crippen molar-refractivity contribution in [1.82, 2.24) is 4.90 Å². The molecule has 2 rings (SSSR count). The Balaban J connectivity index is 1.87. The van der Waals surface area contributed by atoms with E-state index < -0.39 is 0 Å². The molecule has 0 amide bonds. The van der Waals surface area contributed by atoms with Gasteiger partial charge < -0.3 is 10.6 Å². The van der Waals surface area contributed by atoms with Crippen molar-refractivity contribution in [2.75, 3.05) is 26.2 Å². The molecule has 2 N–H and O–H groups in total. The number of hydrogen-bond donors (Lipinski definition) is 1. The van der Waals surface area contributed by atoms with Gasteiger partial charge in [0.2, 0.25) is 0 Å². The van der Waals surface area contributed by atoms with Crippen LogP contribution in [0.3, 0.4) is 0 Å². The average Bonchev–Trinajstić information content (AvgIpc) is 2.76. The first-order valence-electron chi connectivity index (χ1n) is 5.87. The molecule has 1 aromatic rings. The Morgan fingerprint density at radius 3 is 2.80 bits per heavy atom. The molecule has 1 atom stereocenters. The summed E-state index contributed by atoms with van der Waals surface area (Å²) in [4.78, 5) is 2.53. The fourth-order valence-corrected chi connectivity index (χ4v) is 2.35. The van der Waals surface area contributed by atoms with Gasteiger partial charge in [0.1, 0.15) is 0 Å². The van der Waals surface area contributed by atoms with Gasteiger partial charge >= 0.3 is 0 Å². The number of hydrogen-bond acceptors (Lipinski definition) is 2. The Morgan fingerprint density at radius 2 is 2.07 bits per heavy atom. The highest BCUT2D eigenvalue weighted by Crippen LogP contribution is 2.26. The molecule has 0 radical (unpaired) electrons. The van der Waals surface area contributed by atoms with Crippen LogP contribution in [-0.2, 0) is 0 Å². The predicted molar refractivity (Wildman–Crippen MR) is 63.9 cm³/mol. The minimum absolute atomic E-state index is 0.740. The molecule has 2 heteroatoms. The molecule has 0 unspecified atom stereocenters. The monoisotopic (exact) mass is 204 g/mol. The van der Waals surface area contributed by atoms with Crippen LogP contribution in [0.25, 0.3) is 0 Å². The molecule has 15 heavy (non-hydrogen) atoms. The summed E-state index contributed by atoms with van der Waals surface area (Å²) >= 11 is 0. The van der Waals surface area contributed by atoms with Gasteiger partial charge in [-0.1, -0.05) is 30.3 Å². The van der Waals surface area contributed by atoms with Gasteiger partial charge in [0.05, 0.1) is 0 Å². The van der Waals surface area contributed by atoms with Crippen LogP contribution in [0.1, 0.15) is 24.3 Å². The van der Waals surface area contributed by atoms with E-state index in [9.17, 15) is 0 Å². The molecule has 1 aliphatic heterocycles. The van der Waals surface area contributed by atoms with Crippen LogP contribution < -0.4 is 5.73 Å². The largest absolute Gasteiger partial charge is 0.330 e. The molecule has 82 valence electrons. The van der Waals surface area contributed by atoms with E-state index in [1.54, 1.807) is 0 Å². The number of likely N-dealkylation sites (tertiary alicyclic amines) is 1. The van der Waals surface area contributed by atoms with E-state index in [0.717, 1.165) is 18.9 Å². The zero-order valence-corrected chi connectivity index (χ0v) is 9.23. The third-order valence-corrected chi connectivity index (χ3v) is 3.22. The highest BCUT2D eigenvalue weighted by atomic mass is 15.1. The van der Waals surface area contributed by atoms with Gasteiger partial charge in [-0.2, -0.15) is 0 Å². The quantitative estimate of drug-likeness (QED) is 0.810. The summed E-state index contributed by atoms with van der Waals surface area (Å²) in [6.07, 6.45) is 2.43. The second-order valence-corrected chi connectivity index (χ2v) is 4.34. The molecule has 0 bridgehead atoms. The SMILES string of the molecule is NCCCN1CC[C@@H](c2ccccc2)C1. The predicted octanol–water partition coefficient (Wildman–Crippen LogP) is 1.82. The summed E-state index contributed by atoms with van der Waals surface area (Å²) in [5.74, 6) is 0.740. The average molecular weight is 204 g/mol. The van der Waals surface area contributed by atoms with Gasteiger partial charge in [-0.25, -0.2) is 0 Å². The second kappa shape index (κ2) is 5.29.